The van der Waals surface area contributed by atoms with E-state index in [0.717, 1.165) is 11.8 Å². The first-order chi connectivity index (χ1) is 7.43. The van der Waals surface area contributed by atoms with Gasteiger partial charge in [-0.05, 0) is 49.6 Å². The highest BCUT2D eigenvalue weighted by molar-refractivity contribution is 4.79. The Balaban J connectivity index is 2.32. The fourth-order valence-electron chi connectivity index (χ4n) is 3.33. The van der Waals surface area contributed by atoms with E-state index < -0.39 is 0 Å². The molecule has 0 N–H and O–H groups in total. The summed E-state index contributed by atoms with van der Waals surface area (Å²) in [7, 11) is 0. The van der Waals surface area contributed by atoms with Crippen molar-refractivity contribution in [1.29, 1.82) is 0 Å². The van der Waals surface area contributed by atoms with E-state index in [1.54, 1.807) is 0 Å². The number of hydrogen-bond donors (Lipinski definition) is 0. The van der Waals surface area contributed by atoms with E-state index in [9.17, 15) is 0 Å². The Kier molecular flexibility index (Phi) is 5.30. The van der Waals surface area contributed by atoms with E-state index in [2.05, 4.69) is 39.5 Å². The molecular weight excluding hydrogens is 194 g/mol. The molecule has 1 heteroatoms. The van der Waals surface area contributed by atoms with Crippen LogP contribution in [-0.4, -0.2) is 24.5 Å². The zero-order valence-electron chi connectivity index (χ0n) is 12.1. The standard InChI is InChI=1S/C15H31N/c1-6-14-7-9-16(10-8-14)12-15(4,5)11-13(2)3/h13-14H,6-12H2,1-5H3. The zero-order valence-corrected chi connectivity index (χ0v) is 12.1. The molecule has 0 amide bonds. The van der Waals surface area contributed by atoms with E-state index in [1.165, 1.54) is 45.3 Å². The Bertz CT molecular complexity index is 188. The van der Waals surface area contributed by atoms with Crippen LogP contribution < -0.4 is 0 Å². The van der Waals surface area contributed by atoms with Gasteiger partial charge in [0.15, 0.2) is 0 Å². The minimum atomic E-state index is 0.493. The van der Waals surface area contributed by atoms with E-state index >= 15 is 0 Å². The van der Waals surface area contributed by atoms with Gasteiger partial charge in [0.1, 0.15) is 0 Å². The molecule has 0 bridgehead atoms. The first-order valence-electron chi connectivity index (χ1n) is 7.15. The van der Waals surface area contributed by atoms with Crippen LogP contribution >= 0.6 is 0 Å². The van der Waals surface area contributed by atoms with E-state index in [1.807, 2.05) is 0 Å². The van der Waals surface area contributed by atoms with Crippen LogP contribution in [0.4, 0.5) is 0 Å². The molecular formula is C15H31N. The first-order valence-corrected chi connectivity index (χ1v) is 7.15. The van der Waals surface area contributed by atoms with E-state index in [-0.39, 0.29) is 0 Å². The number of likely N-dealkylation sites (tertiary alicyclic amines) is 1. The molecule has 0 aromatic carbocycles. The van der Waals surface area contributed by atoms with Crippen molar-refractivity contribution in [2.75, 3.05) is 19.6 Å². The van der Waals surface area contributed by atoms with Crippen molar-refractivity contribution >= 4 is 0 Å². The van der Waals surface area contributed by atoms with Crippen molar-refractivity contribution in [2.45, 2.75) is 60.3 Å². The van der Waals surface area contributed by atoms with Crippen LogP contribution in [0.2, 0.25) is 0 Å². The topological polar surface area (TPSA) is 3.24 Å². The molecule has 1 saturated heterocycles. The second-order valence-corrected chi connectivity index (χ2v) is 6.89. The zero-order chi connectivity index (χ0) is 12.2. The van der Waals surface area contributed by atoms with E-state index in [0.29, 0.717) is 5.41 Å². The fourth-order valence-corrected chi connectivity index (χ4v) is 3.33. The summed E-state index contributed by atoms with van der Waals surface area (Å²) in [5.41, 5.74) is 0.493. The average Bonchev–Trinajstić information content (AvgIpc) is 2.16. The number of nitrogens with zero attached hydrogens (tertiary/aromatic N) is 1. The van der Waals surface area contributed by atoms with Gasteiger partial charge >= 0.3 is 0 Å². The highest BCUT2D eigenvalue weighted by Crippen LogP contribution is 2.29. The normalized spacial score (nSPS) is 20.6. The van der Waals surface area contributed by atoms with Crippen LogP contribution in [0.5, 0.6) is 0 Å². The van der Waals surface area contributed by atoms with Crippen LogP contribution in [0.3, 0.4) is 0 Å². The highest BCUT2D eigenvalue weighted by Gasteiger charge is 2.25. The lowest BCUT2D eigenvalue weighted by atomic mass is 9.82. The van der Waals surface area contributed by atoms with Crippen molar-refractivity contribution < 1.29 is 0 Å². The summed E-state index contributed by atoms with van der Waals surface area (Å²) in [4.78, 5) is 2.69. The molecule has 0 atom stereocenters. The largest absolute Gasteiger partial charge is 0.303 e. The van der Waals surface area contributed by atoms with Crippen LogP contribution in [0, 0.1) is 17.3 Å². The Labute approximate surface area is 103 Å². The van der Waals surface area contributed by atoms with Crippen LogP contribution in [0.15, 0.2) is 0 Å². The molecule has 96 valence electrons. The molecule has 0 radical (unpaired) electrons. The molecule has 0 aliphatic carbocycles. The molecule has 0 spiro atoms. The van der Waals surface area contributed by atoms with Gasteiger partial charge in [-0.3, -0.25) is 0 Å². The molecule has 0 aromatic rings. The quantitative estimate of drug-likeness (QED) is 0.678. The molecule has 0 unspecified atom stereocenters. The number of hydrogen-bond acceptors (Lipinski definition) is 1. The van der Waals surface area contributed by atoms with Gasteiger partial charge in [0, 0.05) is 6.54 Å². The van der Waals surface area contributed by atoms with Crippen molar-refractivity contribution in [3.8, 4) is 0 Å². The van der Waals surface area contributed by atoms with Crippen LogP contribution in [-0.2, 0) is 0 Å². The summed E-state index contributed by atoms with van der Waals surface area (Å²) in [6.07, 6.45) is 5.58. The Morgan fingerprint density at radius 2 is 1.75 bits per heavy atom. The van der Waals surface area contributed by atoms with Gasteiger partial charge in [-0.2, -0.15) is 0 Å². The predicted octanol–water partition coefficient (Wildman–Crippen LogP) is 4.18. The van der Waals surface area contributed by atoms with Crippen LogP contribution in [0.25, 0.3) is 0 Å². The molecule has 1 heterocycles. The molecule has 1 fully saturated rings. The third-order valence-electron chi connectivity index (χ3n) is 3.90. The molecule has 1 aliphatic rings. The maximum Gasteiger partial charge on any atom is 0.00328 e. The predicted molar refractivity (Wildman–Crippen MR) is 72.7 cm³/mol. The minimum Gasteiger partial charge on any atom is -0.303 e. The second kappa shape index (κ2) is 6.05. The van der Waals surface area contributed by atoms with Crippen molar-refractivity contribution in [3.63, 3.8) is 0 Å². The van der Waals surface area contributed by atoms with Gasteiger partial charge in [-0.15, -0.1) is 0 Å². The summed E-state index contributed by atoms with van der Waals surface area (Å²) < 4.78 is 0. The Hall–Kier alpha value is -0.0400. The lowest BCUT2D eigenvalue weighted by molar-refractivity contribution is 0.114. The van der Waals surface area contributed by atoms with E-state index in [4.69, 9.17) is 0 Å². The summed E-state index contributed by atoms with van der Waals surface area (Å²) in [5, 5.41) is 0. The third-order valence-corrected chi connectivity index (χ3v) is 3.90. The summed E-state index contributed by atoms with van der Waals surface area (Å²) >= 11 is 0. The van der Waals surface area contributed by atoms with Crippen molar-refractivity contribution in [3.05, 3.63) is 0 Å². The van der Waals surface area contributed by atoms with Gasteiger partial charge in [0.2, 0.25) is 0 Å². The minimum absolute atomic E-state index is 0.493. The summed E-state index contributed by atoms with van der Waals surface area (Å²) in [6.45, 7) is 15.8. The summed E-state index contributed by atoms with van der Waals surface area (Å²) in [6, 6.07) is 0. The molecule has 0 saturated carbocycles. The molecule has 1 nitrogen and oxygen atoms in total. The molecule has 1 aliphatic heterocycles. The van der Waals surface area contributed by atoms with Gasteiger partial charge in [-0.25, -0.2) is 0 Å². The van der Waals surface area contributed by atoms with Gasteiger partial charge in [0.25, 0.3) is 0 Å². The SMILES string of the molecule is CCC1CCN(CC(C)(C)CC(C)C)CC1. The van der Waals surface area contributed by atoms with Gasteiger partial charge in [-0.1, -0.05) is 41.0 Å². The van der Waals surface area contributed by atoms with Crippen LogP contribution in [0.1, 0.15) is 60.3 Å². The average molecular weight is 225 g/mol. The van der Waals surface area contributed by atoms with Crippen molar-refractivity contribution in [2.24, 2.45) is 17.3 Å². The Morgan fingerprint density at radius 1 is 1.19 bits per heavy atom. The highest BCUT2D eigenvalue weighted by atomic mass is 15.1. The Morgan fingerprint density at radius 3 is 2.19 bits per heavy atom. The summed E-state index contributed by atoms with van der Waals surface area (Å²) in [5.74, 6) is 1.83. The fraction of sp³-hybridized carbons (Fsp3) is 1.00. The lowest BCUT2D eigenvalue weighted by Gasteiger charge is -2.38. The first kappa shape index (κ1) is 14.0. The maximum absolute atomic E-state index is 2.69. The van der Waals surface area contributed by atoms with Gasteiger partial charge < -0.3 is 4.90 Å². The smallest absolute Gasteiger partial charge is 0.00328 e. The molecule has 0 aromatic heterocycles. The van der Waals surface area contributed by atoms with Gasteiger partial charge in [0.05, 0.1) is 0 Å². The molecule has 16 heavy (non-hydrogen) atoms. The molecule has 1 rings (SSSR count). The number of rotatable bonds is 5. The second-order valence-electron chi connectivity index (χ2n) is 6.89. The monoisotopic (exact) mass is 225 g/mol. The number of piperidine rings is 1. The maximum atomic E-state index is 2.69. The lowest BCUT2D eigenvalue weighted by Crippen LogP contribution is -2.40. The van der Waals surface area contributed by atoms with Crippen molar-refractivity contribution in [1.82, 2.24) is 4.90 Å². The third kappa shape index (κ3) is 4.86.